The molecule has 0 bridgehead atoms. The van der Waals surface area contributed by atoms with E-state index in [0.717, 1.165) is 38.2 Å². The Morgan fingerprint density at radius 3 is 3.05 bits per heavy atom. The average molecular weight is 269 g/mol. The third kappa shape index (κ3) is 2.24. The third-order valence-corrected chi connectivity index (χ3v) is 4.44. The van der Waals surface area contributed by atoms with Crippen LogP contribution in [0.5, 0.6) is 5.75 Å². The van der Waals surface area contributed by atoms with E-state index in [1.165, 1.54) is 28.0 Å². The van der Waals surface area contributed by atoms with Crippen LogP contribution >= 0.6 is 0 Å². The van der Waals surface area contributed by atoms with Crippen molar-refractivity contribution in [2.75, 3.05) is 18.5 Å². The first kappa shape index (κ1) is 13.3. The Hall–Kier alpha value is -1.70. The van der Waals surface area contributed by atoms with Crippen LogP contribution < -0.4 is 10.1 Å². The van der Waals surface area contributed by atoms with Gasteiger partial charge in [-0.25, -0.2) is 0 Å². The van der Waals surface area contributed by atoms with Crippen LogP contribution in [0.4, 0.5) is 5.69 Å². The van der Waals surface area contributed by atoms with Crippen LogP contribution in [0.1, 0.15) is 42.4 Å². The maximum Gasteiger partial charge on any atom is 0.143 e. The maximum absolute atomic E-state index is 5.83. The summed E-state index contributed by atoms with van der Waals surface area (Å²) in [6.07, 6.45) is 7.76. The fourth-order valence-electron chi connectivity index (χ4n) is 3.47. The molecular weight excluding hydrogens is 246 g/mol. The summed E-state index contributed by atoms with van der Waals surface area (Å²) in [4.78, 5) is 0. The van der Waals surface area contributed by atoms with Gasteiger partial charge in [-0.15, -0.1) is 6.58 Å². The molecule has 0 radical (unpaired) electrons. The minimum atomic E-state index is 0.413. The molecule has 20 heavy (non-hydrogen) atoms. The van der Waals surface area contributed by atoms with E-state index in [9.17, 15) is 0 Å². The standard InChI is InChI=1S/C18H23NO/c1-4-14-10-12(2)6-5-7-15-11-16-18(13(3)17(14)15)19-8-9-20-16/h4,6,11,14,19H,1,5,7-10H2,2-3H3. The van der Waals surface area contributed by atoms with Gasteiger partial charge >= 0.3 is 0 Å². The number of anilines is 1. The van der Waals surface area contributed by atoms with Crippen molar-refractivity contribution in [1.29, 1.82) is 0 Å². The lowest BCUT2D eigenvalue weighted by Gasteiger charge is -2.28. The predicted molar refractivity (Wildman–Crippen MR) is 84.8 cm³/mol. The number of hydrogen-bond acceptors (Lipinski definition) is 2. The summed E-state index contributed by atoms with van der Waals surface area (Å²) < 4.78 is 5.83. The zero-order chi connectivity index (χ0) is 14.1. The van der Waals surface area contributed by atoms with Gasteiger partial charge in [0.1, 0.15) is 12.4 Å². The summed E-state index contributed by atoms with van der Waals surface area (Å²) in [6.45, 7) is 10.2. The fourth-order valence-corrected chi connectivity index (χ4v) is 3.47. The number of rotatable bonds is 1. The van der Waals surface area contributed by atoms with Gasteiger partial charge in [0.25, 0.3) is 0 Å². The molecule has 2 aliphatic rings. The zero-order valence-corrected chi connectivity index (χ0v) is 12.5. The van der Waals surface area contributed by atoms with Crippen LogP contribution in [0.25, 0.3) is 0 Å². The largest absolute Gasteiger partial charge is 0.490 e. The van der Waals surface area contributed by atoms with Crippen LogP contribution in [0, 0.1) is 6.92 Å². The van der Waals surface area contributed by atoms with Crippen LogP contribution in [0.3, 0.4) is 0 Å². The Morgan fingerprint density at radius 1 is 1.40 bits per heavy atom. The molecule has 0 amide bonds. The van der Waals surface area contributed by atoms with Crippen LogP contribution in [0.2, 0.25) is 0 Å². The number of aryl methyl sites for hydroxylation is 1. The molecule has 1 N–H and O–H groups in total. The molecule has 1 aliphatic carbocycles. The summed E-state index contributed by atoms with van der Waals surface area (Å²) in [5.74, 6) is 1.44. The summed E-state index contributed by atoms with van der Waals surface area (Å²) in [5, 5.41) is 3.50. The number of ether oxygens (including phenoxy) is 1. The van der Waals surface area contributed by atoms with E-state index < -0.39 is 0 Å². The quantitative estimate of drug-likeness (QED) is 0.765. The summed E-state index contributed by atoms with van der Waals surface area (Å²) in [6, 6.07) is 2.24. The Kier molecular flexibility index (Phi) is 3.56. The van der Waals surface area contributed by atoms with Gasteiger partial charge in [0.05, 0.1) is 5.69 Å². The average Bonchev–Trinajstić information content (AvgIpc) is 2.44. The van der Waals surface area contributed by atoms with Crippen molar-refractivity contribution >= 4 is 5.69 Å². The SMILES string of the molecule is C=CC1CC(C)=CCCc2cc3c(c(C)c21)NCCO3. The Bertz CT molecular complexity index is 571. The van der Waals surface area contributed by atoms with Crippen molar-refractivity contribution in [3.05, 3.63) is 47.1 Å². The van der Waals surface area contributed by atoms with Gasteiger partial charge in [0, 0.05) is 12.5 Å². The van der Waals surface area contributed by atoms with E-state index in [-0.39, 0.29) is 0 Å². The third-order valence-electron chi connectivity index (χ3n) is 4.44. The minimum absolute atomic E-state index is 0.413. The highest BCUT2D eigenvalue weighted by atomic mass is 16.5. The van der Waals surface area contributed by atoms with Crippen molar-refractivity contribution in [3.8, 4) is 5.75 Å². The summed E-state index contributed by atoms with van der Waals surface area (Å²) >= 11 is 0. The first-order valence-electron chi connectivity index (χ1n) is 7.52. The van der Waals surface area contributed by atoms with Gasteiger partial charge in [-0.3, -0.25) is 0 Å². The Morgan fingerprint density at radius 2 is 2.25 bits per heavy atom. The molecule has 0 aromatic heterocycles. The molecule has 2 heteroatoms. The van der Waals surface area contributed by atoms with Crippen LogP contribution in [-0.4, -0.2) is 13.2 Å². The molecule has 1 aliphatic heterocycles. The molecule has 1 unspecified atom stereocenters. The van der Waals surface area contributed by atoms with E-state index in [4.69, 9.17) is 4.74 Å². The molecule has 2 nitrogen and oxygen atoms in total. The van der Waals surface area contributed by atoms with Gasteiger partial charge in [-0.05, 0) is 55.9 Å². The van der Waals surface area contributed by atoms with E-state index in [1.807, 2.05) is 0 Å². The van der Waals surface area contributed by atoms with Crippen molar-refractivity contribution in [3.63, 3.8) is 0 Å². The minimum Gasteiger partial charge on any atom is -0.490 e. The van der Waals surface area contributed by atoms with E-state index in [2.05, 4.69) is 44.0 Å². The lowest BCUT2D eigenvalue weighted by Crippen LogP contribution is -2.20. The van der Waals surface area contributed by atoms with Gasteiger partial charge in [-0.2, -0.15) is 0 Å². The summed E-state index contributed by atoms with van der Waals surface area (Å²) in [5.41, 5.74) is 6.89. The molecule has 0 spiro atoms. The second-order valence-electron chi connectivity index (χ2n) is 5.86. The molecule has 0 saturated heterocycles. The number of nitrogens with one attached hydrogen (secondary N) is 1. The number of allylic oxidation sites excluding steroid dienone is 3. The van der Waals surface area contributed by atoms with Gasteiger partial charge < -0.3 is 10.1 Å². The topological polar surface area (TPSA) is 21.3 Å². The predicted octanol–water partition coefficient (Wildman–Crippen LogP) is 4.35. The first-order valence-corrected chi connectivity index (χ1v) is 7.52. The van der Waals surface area contributed by atoms with Crippen molar-refractivity contribution < 1.29 is 4.74 Å². The van der Waals surface area contributed by atoms with Crippen molar-refractivity contribution in [2.24, 2.45) is 0 Å². The van der Waals surface area contributed by atoms with Crippen molar-refractivity contribution in [1.82, 2.24) is 0 Å². The highest BCUT2D eigenvalue weighted by molar-refractivity contribution is 5.68. The molecule has 106 valence electrons. The highest BCUT2D eigenvalue weighted by Crippen LogP contribution is 2.41. The number of fused-ring (bicyclic) bond motifs is 2. The van der Waals surface area contributed by atoms with Crippen LogP contribution in [-0.2, 0) is 6.42 Å². The monoisotopic (exact) mass is 269 g/mol. The molecule has 1 heterocycles. The van der Waals surface area contributed by atoms with Gasteiger partial charge in [-0.1, -0.05) is 17.7 Å². The normalized spacial score (nSPS) is 21.3. The summed E-state index contributed by atoms with van der Waals surface area (Å²) in [7, 11) is 0. The lowest BCUT2D eigenvalue weighted by atomic mass is 9.82. The van der Waals surface area contributed by atoms with E-state index in [0.29, 0.717) is 5.92 Å². The van der Waals surface area contributed by atoms with Gasteiger partial charge in [0.2, 0.25) is 0 Å². The Labute approximate surface area is 121 Å². The first-order chi connectivity index (χ1) is 9.70. The number of hydrogen-bond donors (Lipinski definition) is 1. The van der Waals surface area contributed by atoms with E-state index >= 15 is 0 Å². The van der Waals surface area contributed by atoms with Crippen molar-refractivity contribution in [2.45, 2.75) is 39.0 Å². The molecule has 1 aromatic carbocycles. The molecule has 1 aromatic rings. The molecular formula is C18H23NO. The molecule has 1 atom stereocenters. The lowest BCUT2D eigenvalue weighted by molar-refractivity contribution is 0.322. The maximum atomic E-state index is 5.83. The smallest absolute Gasteiger partial charge is 0.143 e. The zero-order valence-electron chi connectivity index (χ0n) is 12.5. The number of benzene rings is 1. The molecule has 0 saturated carbocycles. The second-order valence-corrected chi connectivity index (χ2v) is 5.86. The van der Waals surface area contributed by atoms with E-state index in [1.54, 1.807) is 0 Å². The molecule has 3 rings (SSSR count). The van der Waals surface area contributed by atoms with Gasteiger partial charge in [0.15, 0.2) is 0 Å². The molecule has 0 fully saturated rings. The Balaban J connectivity index is 2.15. The highest BCUT2D eigenvalue weighted by Gasteiger charge is 2.23. The van der Waals surface area contributed by atoms with Crippen LogP contribution in [0.15, 0.2) is 30.4 Å². The second kappa shape index (κ2) is 5.35. The fraction of sp³-hybridized carbons (Fsp3) is 0.444.